The molecule has 2 heterocycles. The number of hydrogen-bond acceptors (Lipinski definition) is 5. The van der Waals surface area contributed by atoms with Crippen molar-refractivity contribution in [2.75, 3.05) is 7.11 Å². The molecule has 0 unspecified atom stereocenters. The van der Waals surface area contributed by atoms with Crippen LogP contribution < -0.4 is 9.47 Å². The molecule has 0 N–H and O–H groups in total. The van der Waals surface area contributed by atoms with E-state index in [-0.39, 0.29) is 18.1 Å². The Hall–Kier alpha value is -3.42. The van der Waals surface area contributed by atoms with Gasteiger partial charge in [-0.15, -0.1) is 0 Å². The Morgan fingerprint density at radius 2 is 2.04 bits per heavy atom. The number of benzene rings is 1. The Labute approximate surface area is 160 Å². The summed E-state index contributed by atoms with van der Waals surface area (Å²) in [5.74, 6) is -0.504. The molecule has 0 saturated heterocycles. The van der Waals surface area contributed by atoms with Crippen LogP contribution in [-0.2, 0) is 16.1 Å². The van der Waals surface area contributed by atoms with E-state index in [1.54, 1.807) is 6.20 Å². The first kappa shape index (κ1) is 19.3. The van der Waals surface area contributed by atoms with Gasteiger partial charge in [0, 0.05) is 18.5 Å². The lowest BCUT2D eigenvalue weighted by Gasteiger charge is -2.10. The summed E-state index contributed by atoms with van der Waals surface area (Å²) >= 11 is 0. The topological polar surface area (TPSA) is 62.1 Å². The highest BCUT2D eigenvalue weighted by molar-refractivity contribution is 5.87. The smallest absolute Gasteiger partial charge is 0.387 e. The fraction of sp³-hybridized carbons (Fsp3) is 0.200. The van der Waals surface area contributed by atoms with E-state index < -0.39 is 12.6 Å². The van der Waals surface area contributed by atoms with Crippen molar-refractivity contribution in [3.05, 3.63) is 65.6 Å². The predicted molar refractivity (Wildman–Crippen MR) is 98.4 cm³/mol. The molecule has 3 rings (SSSR count). The Balaban J connectivity index is 1.61. The molecule has 0 aliphatic rings. The molecule has 0 bridgehead atoms. The summed E-state index contributed by atoms with van der Waals surface area (Å²) in [4.78, 5) is 16.3. The Morgan fingerprint density at radius 1 is 1.21 bits per heavy atom. The number of ether oxygens (including phenoxy) is 3. The highest BCUT2D eigenvalue weighted by Gasteiger charge is 2.10. The third-order valence-electron chi connectivity index (χ3n) is 3.83. The largest absolute Gasteiger partial charge is 0.493 e. The summed E-state index contributed by atoms with van der Waals surface area (Å²) in [5, 5.41) is 0. The van der Waals surface area contributed by atoms with Gasteiger partial charge in [0.1, 0.15) is 12.3 Å². The van der Waals surface area contributed by atoms with Crippen LogP contribution in [0.15, 0.2) is 48.8 Å². The molecule has 0 aliphatic heterocycles. The van der Waals surface area contributed by atoms with Crippen LogP contribution in [0.3, 0.4) is 0 Å². The third-order valence-corrected chi connectivity index (χ3v) is 3.83. The lowest BCUT2D eigenvalue weighted by atomic mass is 10.2. The van der Waals surface area contributed by atoms with Gasteiger partial charge in [-0.3, -0.25) is 0 Å². The minimum atomic E-state index is -2.95. The second-order valence-electron chi connectivity index (χ2n) is 5.93. The second kappa shape index (κ2) is 8.51. The van der Waals surface area contributed by atoms with Crippen LogP contribution in [0.2, 0.25) is 0 Å². The van der Waals surface area contributed by atoms with Crippen LogP contribution in [0, 0.1) is 6.92 Å². The summed E-state index contributed by atoms with van der Waals surface area (Å²) in [6, 6.07) is 8.18. The van der Waals surface area contributed by atoms with E-state index in [0.717, 1.165) is 11.2 Å². The number of nitrogens with zero attached hydrogens (tertiary/aromatic N) is 2. The maximum Gasteiger partial charge on any atom is 0.387 e. The summed E-state index contributed by atoms with van der Waals surface area (Å²) in [6.45, 7) is -0.937. The van der Waals surface area contributed by atoms with Gasteiger partial charge in [-0.05, 0) is 42.3 Å². The van der Waals surface area contributed by atoms with Gasteiger partial charge >= 0.3 is 12.6 Å². The minimum Gasteiger partial charge on any atom is -0.493 e. The number of aryl methyl sites for hydroxylation is 1. The van der Waals surface area contributed by atoms with Crippen molar-refractivity contribution in [2.45, 2.75) is 20.1 Å². The first-order valence-corrected chi connectivity index (χ1v) is 8.36. The van der Waals surface area contributed by atoms with Crippen LogP contribution in [-0.4, -0.2) is 29.1 Å². The van der Waals surface area contributed by atoms with Crippen LogP contribution in [0.1, 0.15) is 16.8 Å². The molecule has 0 amide bonds. The Kier molecular flexibility index (Phi) is 5.88. The summed E-state index contributed by atoms with van der Waals surface area (Å²) < 4.78 is 41.1. The number of imidazole rings is 1. The fourth-order valence-corrected chi connectivity index (χ4v) is 2.56. The highest BCUT2D eigenvalue weighted by Crippen LogP contribution is 2.29. The number of alkyl halides is 2. The van der Waals surface area contributed by atoms with Crippen LogP contribution in [0.5, 0.6) is 11.5 Å². The van der Waals surface area contributed by atoms with Gasteiger partial charge < -0.3 is 18.6 Å². The Morgan fingerprint density at radius 3 is 2.79 bits per heavy atom. The number of hydrogen-bond donors (Lipinski definition) is 0. The van der Waals surface area contributed by atoms with E-state index in [4.69, 9.17) is 9.47 Å². The van der Waals surface area contributed by atoms with E-state index in [1.807, 2.05) is 29.7 Å². The third kappa shape index (κ3) is 4.85. The molecule has 28 heavy (non-hydrogen) atoms. The summed E-state index contributed by atoms with van der Waals surface area (Å²) in [7, 11) is 1.34. The number of halogens is 2. The predicted octanol–water partition coefficient (Wildman–Crippen LogP) is 4.01. The molecule has 8 heteroatoms. The monoisotopic (exact) mass is 388 g/mol. The standard InChI is InChI=1S/C20H18F2N2O4/c1-13-3-7-18-23-15(11-24(18)10-13)12-27-19(25)8-5-14-4-6-16(28-20(21)22)17(9-14)26-2/h3-11,20H,12H2,1-2H3/b8-5+. The normalized spacial score (nSPS) is 11.3. The quantitative estimate of drug-likeness (QED) is 0.452. The van der Waals surface area contributed by atoms with E-state index in [0.29, 0.717) is 11.3 Å². The molecular weight excluding hydrogens is 370 g/mol. The lowest BCUT2D eigenvalue weighted by Crippen LogP contribution is -2.03. The van der Waals surface area contributed by atoms with Crippen molar-refractivity contribution < 1.29 is 27.8 Å². The molecule has 2 aromatic heterocycles. The molecule has 6 nitrogen and oxygen atoms in total. The first-order chi connectivity index (χ1) is 13.4. The van der Waals surface area contributed by atoms with E-state index in [2.05, 4.69) is 9.72 Å². The summed E-state index contributed by atoms with van der Waals surface area (Å²) in [5.41, 5.74) is 3.06. The van der Waals surface area contributed by atoms with Crippen molar-refractivity contribution in [1.29, 1.82) is 0 Å². The molecule has 0 atom stereocenters. The molecule has 0 aliphatic carbocycles. The molecular formula is C20H18F2N2O4. The molecule has 0 spiro atoms. The number of aromatic nitrogens is 2. The number of pyridine rings is 1. The van der Waals surface area contributed by atoms with E-state index in [9.17, 15) is 13.6 Å². The zero-order valence-corrected chi connectivity index (χ0v) is 15.3. The summed E-state index contributed by atoms with van der Waals surface area (Å²) in [6.07, 6.45) is 6.46. The van der Waals surface area contributed by atoms with Gasteiger partial charge in [0.2, 0.25) is 0 Å². The number of carbonyl (C=O) groups is 1. The maximum atomic E-state index is 12.3. The average Bonchev–Trinajstić information content (AvgIpc) is 3.07. The van der Waals surface area contributed by atoms with Gasteiger partial charge in [0.25, 0.3) is 0 Å². The lowest BCUT2D eigenvalue weighted by molar-refractivity contribution is -0.139. The van der Waals surface area contributed by atoms with Crippen molar-refractivity contribution in [3.8, 4) is 11.5 Å². The van der Waals surface area contributed by atoms with Gasteiger partial charge in [-0.1, -0.05) is 12.1 Å². The number of methoxy groups -OCH3 is 1. The highest BCUT2D eigenvalue weighted by atomic mass is 19.3. The van der Waals surface area contributed by atoms with Crippen LogP contribution >= 0.6 is 0 Å². The molecule has 3 aromatic rings. The first-order valence-electron chi connectivity index (χ1n) is 8.36. The average molecular weight is 388 g/mol. The van der Waals surface area contributed by atoms with Crippen molar-refractivity contribution in [3.63, 3.8) is 0 Å². The van der Waals surface area contributed by atoms with Gasteiger partial charge in [0.15, 0.2) is 11.5 Å². The van der Waals surface area contributed by atoms with Crippen molar-refractivity contribution >= 4 is 17.7 Å². The zero-order valence-electron chi connectivity index (χ0n) is 15.3. The molecule has 0 saturated carbocycles. The fourth-order valence-electron chi connectivity index (χ4n) is 2.56. The van der Waals surface area contributed by atoms with Gasteiger partial charge in [0.05, 0.1) is 12.8 Å². The van der Waals surface area contributed by atoms with Gasteiger partial charge in [-0.25, -0.2) is 9.78 Å². The maximum absolute atomic E-state index is 12.3. The number of carbonyl (C=O) groups excluding carboxylic acids is 1. The van der Waals surface area contributed by atoms with Crippen LogP contribution in [0.4, 0.5) is 8.78 Å². The van der Waals surface area contributed by atoms with Crippen LogP contribution in [0.25, 0.3) is 11.7 Å². The second-order valence-corrected chi connectivity index (χ2v) is 5.93. The molecule has 146 valence electrons. The SMILES string of the molecule is COc1cc(/C=C/C(=O)OCc2cn3cc(C)ccc3n2)ccc1OC(F)F. The van der Waals surface area contributed by atoms with E-state index >= 15 is 0 Å². The van der Waals surface area contributed by atoms with Crippen molar-refractivity contribution in [2.24, 2.45) is 0 Å². The number of fused-ring (bicyclic) bond motifs is 1. The minimum absolute atomic E-state index is 0.0361. The number of rotatable bonds is 7. The molecule has 0 fully saturated rings. The molecule has 1 aromatic carbocycles. The molecule has 0 radical (unpaired) electrons. The van der Waals surface area contributed by atoms with Gasteiger partial charge in [-0.2, -0.15) is 8.78 Å². The van der Waals surface area contributed by atoms with Crippen molar-refractivity contribution in [1.82, 2.24) is 9.38 Å². The number of esters is 1. The van der Waals surface area contributed by atoms with E-state index in [1.165, 1.54) is 37.5 Å². The zero-order chi connectivity index (χ0) is 20.1. The Bertz CT molecular complexity index is 1010.